The Hall–Kier alpha value is -1.14. The zero-order chi connectivity index (χ0) is 11.6. The number of aliphatic hydroxyl groups excluding tert-OH is 1. The molecule has 3 N–H and O–H groups in total. The molecule has 1 aromatic rings. The Morgan fingerprint density at radius 2 is 1.87 bits per heavy atom. The first-order valence-corrected chi connectivity index (χ1v) is 4.09. The summed E-state index contributed by atoms with van der Waals surface area (Å²) in [6.07, 6.45) is -2.24. The minimum Gasteiger partial charge on any atom is -0.382 e. The van der Waals surface area contributed by atoms with Gasteiger partial charge in [0, 0.05) is 0 Å². The average molecular weight is 223 g/mol. The van der Waals surface area contributed by atoms with E-state index in [0.717, 1.165) is 6.07 Å². The van der Waals surface area contributed by atoms with Crippen molar-refractivity contribution >= 4 is 0 Å². The molecule has 84 valence electrons. The molecule has 0 spiro atoms. The fraction of sp³-hybridized carbons (Fsp3) is 0.333. The summed E-state index contributed by atoms with van der Waals surface area (Å²) in [5, 5.41) is 9.14. The van der Waals surface area contributed by atoms with Crippen LogP contribution in [-0.4, -0.2) is 17.6 Å². The summed E-state index contributed by atoms with van der Waals surface area (Å²) in [6.45, 7) is -1.08. The lowest BCUT2D eigenvalue weighted by atomic mass is 10.0. The van der Waals surface area contributed by atoms with Crippen LogP contribution in [-0.2, 0) is 0 Å². The van der Waals surface area contributed by atoms with Gasteiger partial charge in [0.2, 0.25) is 0 Å². The van der Waals surface area contributed by atoms with Crippen LogP contribution >= 0.6 is 0 Å². The first kappa shape index (κ1) is 11.9. The summed E-state index contributed by atoms with van der Waals surface area (Å²) in [7, 11) is 0. The van der Waals surface area contributed by atoms with Crippen LogP contribution in [0.5, 0.6) is 0 Å². The van der Waals surface area contributed by atoms with E-state index in [9.17, 15) is 17.6 Å². The number of benzene rings is 1. The molecule has 0 saturated heterocycles. The van der Waals surface area contributed by atoms with E-state index in [1.54, 1.807) is 0 Å². The van der Waals surface area contributed by atoms with Crippen molar-refractivity contribution in [1.29, 1.82) is 0 Å². The maximum atomic E-state index is 12.9. The Kier molecular flexibility index (Phi) is 3.31. The first-order chi connectivity index (χ1) is 6.88. The first-order valence-electron chi connectivity index (χ1n) is 4.09. The van der Waals surface area contributed by atoms with Crippen LogP contribution in [0.3, 0.4) is 0 Å². The Morgan fingerprint density at radius 3 is 2.33 bits per heavy atom. The molecule has 0 aliphatic carbocycles. The predicted octanol–water partition coefficient (Wildman–Crippen LogP) is 1.59. The van der Waals surface area contributed by atoms with Gasteiger partial charge in [-0.3, -0.25) is 0 Å². The van der Waals surface area contributed by atoms with Gasteiger partial charge >= 0.3 is 0 Å². The van der Waals surface area contributed by atoms with Gasteiger partial charge in [0.15, 0.2) is 11.6 Å². The second-order valence-electron chi connectivity index (χ2n) is 3.04. The molecular weight excluding hydrogens is 214 g/mol. The van der Waals surface area contributed by atoms with Crippen molar-refractivity contribution in [2.45, 2.75) is 12.0 Å². The highest BCUT2D eigenvalue weighted by molar-refractivity contribution is 5.21. The lowest BCUT2D eigenvalue weighted by Gasteiger charge is -2.21. The maximum Gasteiger partial charge on any atom is 0.289 e. The van der Waals surface area contributed by atoms with Gasteiger partial charge in [0.05, 0.1) is 6.54 Å². The topological polar surface area (TPSA) is 46.2 Å². The van der Waals surface area contributed by atoms with E-state index in [-0.39, 0.29) is 0 Å². The number of aliphatic hydroxyl groups is 1. The summed E-state index contributed by atoms with van der Waals surface area (Å²) in [6, 6.07) is 2.07. The summed E-state index contributed by atoms with van der Waals surface area (Å²) in [5.41, 5.74) is 4.32. The molecule has 2 nitrogen and oxygen atoms in total. The average Bonchev–Trinajstić information content (AvgIpc) is 2.21. The zero-order valence-corrected chi connectivity index (χ0v) is 7.55. The van der Waals surface area contributed by atoms with E-state index in [4.69, 9.17) is 10.8 Å². The van der Waals surface area contributed by atoms with Crippen molar-refractivity contribution in [3.05, 3.63) is 35.4 Å². The maximum absolute atomic E-state index is 12.9. The van der Waals surface area contributed by atoms with Gasteiger partial charge in [-0.1, -0.05) is 6.07 Å². The second kappa shape index (κ2) is 4.16. The van der Waals surface area contributed by atoms with Crippen LogP contribution in [0.2, 0.25) is 0 Å². The second-order valence-corrected chi connectivity index (χ2v) is 3.04. The minimum absolute atomic E-state index is 0.413. The number of halogens is 4. The van der Waals surface area contributed by atoms with Crippen LogP contribution in [0.4, 0.5) is 17.6 Å². The molecule has 0 aliphatic heterocycles. The van der Waals surface area contributed by atoms with Crippen LogP contribution in [0.15, 0.2) is 18.2 Å². The highest BCUT2D eigenvalue weighted by Crippen LogP contribution is 2.30. The van der Waals surface area contributed by atoms with Crippen molar-refractivity contribution in [3.63, 3.8) is 0 Å². The SMILES string of the molecule is NCC(F)(F)C(O)c1ccc(F)c(F)c1. The van der Waals surface area contributed by atoms with Crippen LogP contribution < -0.4 is 5.73 Å². The van der Waals surface area contributed by atoms with E-state index in [2.05, 4.69) is 0 Å². The smallest absolute Gasteiger partial charge is 0.289 e. The van der Waals surface area contributed by atoms with Crippen molar-refractivity contribution < 1.29 is 22.7 Å². The highest BCUT2D eigenvalue weighted by atomic mass is 19.3. The van der Waals surface area contributed by atoms with Gasteiger partial charge < -0.3 is 10.8 Å². The van der Waals surface area contributed by atoms with Gasteiger partial charge in [-0.15, -0.1) is 0 Å². The number of hydrogen-bond donors (Lipinski definition) is 2. The Bertz CT molecular complexity index is 356. The summed E-state index contributed by atoms with van der Waals surface area (Å²) in [4.78, 5) is 0. The molecule has 1 rings (SSSR count). The molecule has 0 saturated carbocycles. The third kappa shape index (κ3) is 2.45. The largest absolute Gasteiger partial charge is 0.382 e. The number of nitrogens with two attached hydrogens (primary N) is 1. The molecule has 0 bridgehead atoms. The van der Waals surface area contributed by atoms with Crippen molar-refractivity contribution in [1.82, 2.24) is 0 Å². The van der Waals surface area contributed by atoms with E-state index in [1.807, 2.05) is 0 Å². The van der Waals surface area contributed by atoms with Gasteiger partial charge in [-0.25, -0.2) is 17.6 Å². The molecule has 0 radical (unpaired) electrons. The summed E-state index contributed by atoms with van der Waals surface area (Å²) < 4.78 is 50.9. The van der Waals surface area contributed by atoms with Crippen LogP contribution in [0.25, 0.3) is 0 Å². The van der Waals surface area contributed by atoms with E-state index in [0.29, 0.717) is 12.1 Å². The van der Waals surface area contributed by atoms with E-state index >= 15 is 0 Å². The molecule has 15 heavy (non-hydrogen) atoms. The van der Waals surface area contributed by atoms with Crippen molar-refractivity contribution in [2.24, 2.45) is 5.73 Å². The quantitative estimate of drug-likeness (QED) is 0.764. The molecule has 1 aromatic carbocycles. The molecule has 1 unspecified atom stereocenters. The minimum atomic E-state index is -3.57. The monoisotopic (exact) mass is 223 g/mol. The number of alkyl halides is 2. The fourth-order valence-electron chi connectivity index (χ4n) is 1.04. The lowest BCUT2D eigenvalue weighted by Crippen LogP contribution is -2.34. The summed E-state index contributed by atoms with van der Waals surface area (Å²) in [5.74, 6) is -6.02. The van der Waals surface area contributed by atoms with Crippen LogP contribution in [0, 0.1) is 11.6 Å². The highest BCUT2D eigenvalue weighted by Gasteiger charge is 2.38. The normalized spacial score (nSPS) is 14.0. The van der Waals surface area contributed by atoms with Crippen LogP contribution in [0.1, 0.15) is 11.7 Å². The van der Waals surface area contributed by atoms with E-state index < -0.39 is 35.8 Å². The Labute approximate surface area is 83.3 Å². The molecule has 1 atom stereocenters. The zero-order valence-electron chi connectivity index (χ0n) is 7.55. The molecule has 0 aliphatic rings. The Morgan fingerprint density at radius 1 is 1.27 bits per heavy atom. The molecule has 0 amide bonds. The number of rotatable bonds is 3. The molecular formula is C9H9F4NO. The number of hydrogen-bond acceptors (Lipinski definition) is 2. The molecule has 6 heteroatoms. The van der Waals surface area contributed by atoms with Crippen molar-refractivity contribution in [3.8, 4) is 0 Å². The summed E-state index contributed by atoms with van der Waals surface area (Å²) >= 11 is 0. The Balaban J connectivity index is 3.02. The van der Waals surface area contributed by atoms with Gasteiger partial charge in [-0.05, 0) is 17.7 Å². The van der Waals surface area contributed by atoms with E-state index in [1.165, 1.54) is 0 Å². The third-order valence-electron chi connectivity index (χ3n) is 1.93. The van der Waals surface area contributed by atoms with Gasteiger partial charge in [0.1, 0.15) is 6.10 Å². The standard InChI is InChI=1S/C9H9F4NO/c10-6-2-1-5(3-7(6)11)8(15)9(12,13)4-14/h1-3,8,15H,4,14H2. The van der Waals surface area contributed by atoms with Gasteiger partial charge in [0.25, 0.3) is 5.92 Å². The lowest BCUT2D eigenvalue weighted by molar-refractivity contribution is -0.102. The molecule has 0 heterocycles. The fourth-order valence-corrected chi connectivity index (χ4v) is 1.04. The van der Waals surface area contributed by atoms with Gasteiger partial charge in [-0.2, -0.15) is 0 Å². The third-order valence-corrected chi connectivity index (χ3v) is 1.93. The molecule has 0 fully saturated rings. The predicted molar refractivity (Wildman–Crippen MR) is 45.3 cm³/mol. The molecule has 0 aromatic heterocycles. The van der Waals surface area contributed by atoms with Crippen molar-refractivity contribution in [2.75, 3.05) is 6.54 Å².